The fraction of sp³-hybridized carbons (Fsp3) is 0.450. The molecule has 0 radical (unpaired) electrons. The lowest BCUT2D eigenvalue weighted by Gasteiger charge is -2.10. The van der Waals surface area contributed by atoms with Crippen molar-refractivity contribution in [2.24, 2.45) is 0 Å². The van der Waals surface area contributed by atoms with Crippen LogP contribution in [0.4, 0.5) is 0 Å². The van der Waals surface area contributed by atoms with Gasteiger partial charge in [0.15, 0.2) is 11.6 Å². The molecule has 9 heteroatoms. The first kappa shape index (κ1) is 18.0. The summed E-state index contributed by atoms with van der Waals surface area (Å²) in [6, 6.07) is 3.65. The molecule has 0 aromatic carbocycles. The van der Waals surface area contributed by atoms with Gasteiger partial charge in [0.2, 0.25) is 0 Å². The van der Waals surface area contributed by atoms with Crippen molar-refractivity contribution in [3.63, 3.8) is 0 Å². The maximum Gasteiger partial charge on any atom is 0.258 e. The van der Waals surface area contributed by atoms with E-state index in [9.17, 15) is 4.79 Å². The van der Waals surface area contributed by atoms with Crippen LogP contribution in [0, 0.1) is 6.92 Å². The number of ether oxygens (including phenoxy) is 1. The minimum atomic E-state index is -0.161. The largest absolute Gasteiger partial charge is 0.376 e. The number of aromatic nitrogens is 5. The number of nitrogens with one attached hydrogen (secondary N) is 1. The van der Waals surface area contributed by atoms with E-state index >= 15 is 0 Å². The zero-order chi connectivity index (χ0) is 19.8. The number of hydrogen-bond donors (Lipinski definition) is 1. The van der Waals surface area contributed by atoms with Crippen LogP contribution in [0.25, 0.3) is 17.3 Å². The Morgan fingerprint density at radius 1 is 1.34 bits per heavy atom. The number of amides is 1. The first-order valence-corrected chi connectivity index (χ1v) is 9.94. The molecule has 3 aromatic rings. The van der Waals surface area contributed by atoms with Crippen LogP contribution in [-0.4, -0.2) is 50.1 Å². The van der Waals surface area contributed by atoms with Crippen molar-refractivity contribution in [1.29, 1.82) is 0 Å². The molecule has 1 amide bonds. The fourth-order valence-corrected chi connectivity index (χ4v) is 3.50. The molecule has 0 spiro atoms. The first-order chi connectivity index (χ1) is 14.2. The predicted octanol–water partition coefficient (Wildman–Crippen LogP) is 2.41. The van der Waals surface area contributed by atoms with Crippen molar-refractivity contribution >= 4 is 5.91 Å². The number of rotatable bonds is 6. The topological polar surface area (TPSA) is 108 Å². The van der Waals surface area contributed by atoms with E-state index < -0.39 is 0 Å². The molecule has 1 aliphatic carbocycles. The molecule has 150 valence electrons. The van der Waals surface area contributed by atoms with Gasteiger partial charge in [0.1, 0.15) is 0 Å². The molecule has 5 rings (SSSR count). The number of hydrogen-bond acceptors (Lipinski definition) is 7. The molecule has 29 heavy (non-hydrogen) atoms. The van der Waals surface area contributed by atoms with Crippen LogP contribution in [0.15, 0.2) is 29.0 Å². The minimum absolute atomic E-state index is 0.0996. The maximum absolute atomic E-state index is 12.6. The molecule has 1 saturated heterocycles. The van der Waals surface area contributed by atoms with Gasteiger partial charge in [-0.05, 0) is 44.7 Å². The lowest BCUT2D eigenvalue weighted by atomic mass is 10.2. The summed E-state index contributed by atoms with van der Waals surface area (Å²) < 4.78 is 12.6. The van der Waals surface area contributed by atoms with Crippen molar-refractivity contribution < 1.29 is 14.1 Å². The molecule has 2 aliphatic rings. The molecule has 0 bridgehead atoms. The number of nitrogens with zero attached hydrogens (tertiary/aromatic N) is 5. The van der Waals surface area contributed by atoms with Crippen molar-refractivity contribution in [3.05, 3.63) is 41.6 Å². The van der Waals surface area contributed by atoms with Crippen LogP contribution < -0.4 is 5.32 Å². The molecule has 9 nitrogen and oxygen atoms in total. The smallest absolute Gasteiger partial charge is 0.258 e. The van der Waals surface area contributed by atoms with Crippen LogP contribution in [-0.2, 0) is 4.74 Å². The third-order valence-electron chi connectivity index (χ3n) is 5.36. The molecular formula is C20H22N6O3. The highest BCUT2D eigenvalue weighted by Gasteiger charge is 2.29. The molecular weight excluding hydrogens is 372 g/mol. The summed E-state index contributed by atoms with van der Waals surface area (Å²) >= 11 is 0. The van der Waals surface area contributed by atoms with Gasteiger partial charge < -0.3 is 14.6 Å². The normalized spacial score (nSPS) is 18.9. The van der Waals surface area contributed by atoms with Gasteiger partial charge in [-0.15, -0.1) is 0 Å². The Labute approximate surface area is 167 Å². The predicted molar refractivity (Wildman–Crippen MR) is 103 cm³/mol. The van der Waals surface area contributed by atoms with Gasteiger partial charge in [-0.1, -0.05) is 5.16 Å². The SMILES string of the molecule is Cc1c(C(=O)NC[C@@H]2CCCO2)cnn1-c1cc(-c2nc(C3CC3)no2)ccn1. The second-order valence-corrected chi connectivity index (χ2v) is 7.54. The average Bonchev–Trinajstić information content (AvgIpc) is 3.13. The maximum atomic E-state index is 12.6. The second-order valence-electron chi connectivity index (χ2n) is 7.54. The van der Waals surface area contributed by atoms with Crippen LogP contribution >= 0.6 is 0 Å². The van der Waals surface area contributed by atoms with E-state index in [-0.39, 0.29) is 12.0 Å². The molecule has 3 aromatic heterocycles. The van der Waals surface area contributed by atoms with Crippen molar-refractivity contribution in [2.75, 3.05) is 13.2 Å². The number of carbonyl (C=O) groups excluding carboxylic acids is 1. The van der Waals surface area contributed by atoms with E-state index in [2.05, 4.69) is 25.5 Å². The quantitative estimate of drug-likeness (QED) is 0.684. The third kappa shape index (κ3) is 3.65. The van der Waals surface area contributed by atoms with E-state index in [1.807, 2.05) is 19.1 Å². The zero-order valence-corrected chi connectivity index (χ0v) is 16.2. The summed E-state index contributed by atoms with van der Waals surface area (Å²) in [4.78, 5) is 21.4. The second kappa shape index (κ2) is 7.40. The van der Waals surface area contributed by atoms with Gasteiger partial charge in [-0.3, -0.25) is 4.79 Å². The monoisotopic (exact) mass is 394 g/mol. The van der Waals surface area contributed by atoms with E-state index in [0.29, 0.717) is 35.4 Å². The van der Waals surface area contributed by atoms with Crippen LogP contribution in [0.5, 0.6) is 0 Å². The molecule has 0 unspecified atom stereocenters. The molecule has 2 fully saturated rings. The highest BCUT2D eigenvalue weighted by molar-refractivity contribution is 5.95. The lowest BCUT2D eigenvalue weighted by molar-refractivity contribution is 0.0857. The Bertz CT molecular complexity index is 1030. The summed E-state index contributed by atoms with van der Waals surface area (Å²) in [6.07, 6.45) is 7.59. The molecule has 1 N–H and O–H groups in total. The van der Waals surface area contributed by atoms with Gasteiger partial charge in [0.05, 0.1) is 23.6 Å². The van der Waals surface area contributed by atoms with Gasteiger partial charge in [0.25, 0.3) is 11.8 Å². The highest BCUT2D eigenvalue weighted by atomic mass is 16.5. The molecule has 1 saturated carbocycles. The van der Waals surface area contributed by atoms with Crippen molar-refractivity contribution in [3.8, 4) is 17.3 Å². The van der Waals surface area contributed by atoms with Crippen LogP contribution in [0.1, 0.15) is 53.5 Å². The molecule has 1 aliphatic heterocycles. The highest BCUT2D eigenvalue weighted by Crippen LogP contribution is 2.38. The van der Waals surface area contributed by atoms with E-state index in [4.69, 9.17) is 9.26 Å². The standard InChI is InChI=1S/C20H22N6O3/c1-12-16(19(27)22-10-15-3-2-8-28-15)11-23-26(12)17-9-14(6-7-21-17)20-24-18(25-29-20)13-4-5-13/h6-7,9,11,13,15H,2-5,8,10H2,1H3,(H,22,27)/t15-/m0/s1. The van der Waals surface area contributed by atoms with Crippen molar-refractivity contribution in [1.82, 2.24) is 30.2 Å². The zero-order valence-electron chi connectivity index (χ0n) is 16.2. The van der Waals surface area contributed by atoms with Gasteiger partial charge in [0, 0.05) is 30.8 Å². The molecule has 1 atom stereocenters. The average molecular weight is 394 g/mol. The van der Waals surface area contributed by atoms with E-state index in [1.165, 1.54) is 0 Å². The van der Waals surface area contributed by atoms with Crippen LogP contribution in [0.2, 0.25) is 0 Å². The Kier molecular flexibility index (Phi) is 4.59. The summed E-state index contributed by atoms with van der Waals surface area (Å²) in [5.41, 5.74) is 2.00. The fourth-order valence-electron chi connectivity index (χ4n) is 3.50. The number of carbonyl (C=O) groups is 1. The Morgan fingerprint density at radius 2 is 2.24 bits per heavy atom. The van der Waals surface area contributed by atoms with Crippen molar-refractivity contribution in [2.45, 2.75) is 44.6 Å². The summed E-state index contributed by atoms with van der Waals surface area (Å²) in [6.45, 7) is 3.12. The van der Waals surface area contributed by atoms with Gasteiger partial charge in [-0.25, -0.2) is 9.67 Å². The third-order valence-corrected chi connectivity index (χ3v) is 5.36. The Balaban J connectivity index is 1.34. The Morgan fingerprint density at radius 3 is 3.03 bits per heavy atom. The summed E-state index contributed by atoms with van der Waals surface area (Å²) in [5, 5.41) is 11.4. The van der Waals surface area contributed by atoms with E-state index in [0.717, 1.165) is 43.7 Å². The summed E-state index contributed by atoms with van der Waals surface area (Å²) in [5.74, 6) is 2.09. The first-order valence-electron chi connectivity index (χ1n) is 9.94. The van der Waals surface area contributed by atoms with Crippen LogP contribution in [0.3, 0.4) is 0 Å². The lowest BCUT2D eigenvalue weighted by Crippen LogP contribution is -2.32. The van der Waals surface area contributed by atoms with Gasteiger partial charge in [-0.2, -0.15) is 10.1 Å². The van der Waals surface area contributed by atoms with E-state index in [1.54, 1.807) is 17.1 Å². The molecule has 4 heterocycles. The summed E-state index contributed by atoms with van der Waals surface area (Å²) in [7, 11) is 0. The van der Waals surface area contributed by atoms with Gasteiger partial charge >= 0.3 is 0 Å². The Hall–Kier alpha value is -3.07. The minimum Gasteiger partial charge on any atom is -0.376 e. The number of pyridine rings is 1.